The molecular formula is C14H15N4. The smallest absolute Gasteiger partial charge is 0.152 e. The van der Waals surface area contributed by atoms with Gasteiger partial charge >= 0.3 is 0 Å². The van der Waals surface area contributed by atoms with Crippen LogP contribution in [0.15, 0.2) is 30.6 Å². The Morgan fingerprint density at radius 2 is 2.17 bits per heavy atom. The third-order valence-electron chi connectivity index (χ3n) is 3.33. The Kier molecular flexibility index (Phi) is 2.44. The van der Waals surface area contributed by atoms with E-state index in [9.17, 15) is 0 Å². The first-order valence-corrected chi connectivity index (χ1v) is 6.02. The van der Waals surface area contributed by atoms with Gasteiger partial charge in [-0.1, -0.05) is 25.1 Å². The molecule has 1 atom stereocenters. The number of nitrogen functional groups attached to an aromatic ring is 1. The van der Waals surface area contributed by atoms with Gasteiger partial charge in [0.25, 0.3) is 0 Å². The molecule has 0 aliphatic rings. The number of aromatic nitrogens is 3. The molecule has 3 rings (SSSR count). The summed E-state index contributed by atoms with van der Waals surface area (Å²) in [6.07, 6.45) is 2.63. The van der Waals surface area contributed by atoms with Crippen LogP contribution in [0.1, 0.15) is 19.4 Å². The normalized spacial score (nSPS) is 13.2. The van der Waals surface area contributed by atoms with Crippen LogP contribution in [0.3, 0.4) is 0 Å². The maximum atomic E-state index is 5.97. The zero-order chi connectivity index (χ0) is 12.7. The van der Waals surface area contributed by atoms with Gasteiger partial charge in [0.15, 0.2) is 5.82 Å². The molecule has 18 heavy (non-hydrogen) atoms. The number of benzene rings is 1. The van der Waals surface area contributed by atoms with Gasteiger partial charge in [0.1, 0.15) is 5.52 Å². The summed E-state index contributed by atoms with van der Waals surface area (Å²) in [6.45, 7) is 6.08. The van der Waals surface area contributed by atoms with Crippen LogP contribution in [0.4, 0.5) is 5.82 Å². The van der Waals surface area contributed by atoms with Crippen molar-refractivity contribution in [3.05, 3.63) is 37.5 Å². The Labute approximate surface area is 105 Å². The number of hydrogen-bond acceptors (Lipinski definition) is 3. The largest absolute Gasteiger partial charge is 0.382 e. The number of imidazole rings is 1. The highest BCUT2D eigenvalue weighted by atomic mass is 15.1. The monoisotopic (exact) mass is 239 g/mol. The van der Waals surface area contributed by atoms with Gasteiger partial charge in [-0.15, -0.1) is 0 Å². The third-order valence-corrected chi connectivity index (χ3v) is 3.33. The summed E-state index contributed by atoms with van der Waals surface area (Å²) < 4.78 is 2.13. The highest BCUT2D eigenvalue weighted by Crippen LogP contribution is 2.29. The maximum Gasteiger partial charge on any atom is 0.152 e. The SMILES string of the molecule is [CH2]C[C@@H](C)n1cnc2c(N)nc3ccccc3c21. The predicted octanol–water partition coefficient (Wildman–Crippen LogP) is 2.95. The van der Waals surface area contributed by atoms with Gasteiger partial charge in [-0.05, 0) is 19.4 Å². The van der Waals surface area contributed by atoms with E-state index in [1.165, 1.54) is 0 Å². The standard InChI is InChI=1S/C14H15N4/c1-3-9(2)18-8-16-12-13(18)10-6-4-5-7-11(10)17-14(12)15/h4-9H,1,3H2,2H3,(H2,15,17)/t9-/m1/s1. The first kappa shape index (κ1) is 11.0. The van der Waals surface area contributed by atoms with Crippen molar-refractivity contribution in [3.8, 4) is 0 Å². The Morgan fingerprint density at radius 3 is 2.94 bits per heavy atom. The molecule has 1 aromatic carbocycles. The molecule has 4 heteroatoms. The predicted molar refractivity (Wildman–Crippen MR) is 74.1 cm³/mol. The molecule has 2 heterocycles. The summed E-state index contributed by atoms with van der Waals surface area (Å²) >= 11 is 0. The van der Waals surface area contributed by atoms with Gasteiger partial charge in [0.05, 0.1) is 17.4 Å². The van der Waals surface area contributed by atoms with Crippen molar-refractivity contribution in [1.29, 1.82) is 0 Å². The fraction of sp³-hybridized carbons (Fsp3) is 0.214. The van der Waals surface area contributed by atoms with E-state index in [0.717, 1.165) is 28.4 Å². The number of rotatable bonds is 2. The van der Waals surface area contributed by atoms with E-state index >= 15 is 0 Å². The summed E-state index contributed by atoms with van der Waals surface area (Å²) in [5.74, 6) is 0.485. The first-order chi connectivity index (χ1) is 8.72. The molecule has 1 radical (unpaired) electrons. The molecule has 0 aliphatic carbocycles. The Morgan fingerprint density at radius 1 is 1.39 bits per heavy atom. The number of nitrogens with zero attached hydrogens (tertiary/aromatic N) is 3. The van der Waals surface area contributed by atoms with Crippen LogP contribution in [-0.2, 0) is 0 Å². The third kappa shape index (κ3) is 1.45. The molecule has 91 valence electrons. The van der Waals surface area contributed by atoms with Crippen LogP contribution in [0.5, 0.6) is 0 Å². The minimum atomic E-state index is 0.292. The lowest BCUT2D eigenvalue weighted by Crippen LogP contribution is -2.03. The lowest BCUT2D eigenvalue weighted by atomic mass is 10.1. The summed E-state index contributed by atoms with van der Waals surface area (Å²) in [7, 11) is 0. The highest BCUT2D eigenvalue weighted by molar-refractivity contribution is 6.06. The van der Waals surface area contributed by atoms with Crippen molar-refractivity contribution in [3.63, 3.8) is 0 Å². The molecule has 3 aromatic rings. The van der Waals surface area contributed by atoms with Crippen molar-refractivity contribution in [1.82, 2.24) is 14.5 Å². The fourth-order valence-corrected chi connectivity index (χ4v) is 2.24. The van der Waals surface area contributed by atoms with Crippen LogP contribution >= 0.6 is 0 Å². The summed E-state index contributed by atoms with van der Waals surface area (Å²) in [5, 5.41) is 1.08. The molecule has 0 bridgehead atoms. The molecule has 0 amide bonds. The van der Waals surface area contributed by atoms with Crippen LogP contribution < -0.4 is 5.73 Å². The molecule has 0 saturated heterocycles. The number of fused-ring (bicyclic) bond motifs is 3. The van der Waals surface area contributed by atoms with Gasteiger partial charge in [-0.2, -0.15) is 0 Å². The number of anilines is 1. The lowest BCUT2D eigenvalue weighted by molar-refractivity contribution is 0.569. The zero-order valence-corrected chi connectivity index (χ0v) is 10.3. The minimum absolute atomic E-state index is 0.292. The molecule has 0 fully saturated rings. The Hall–Kier alpha value is -2.10. The molecule has 0 aliphatic heterocycles. The van der Waals surface area contributed by atoms with E-state index in [1.807, 2.05) is 24.5 Å². The number of nitrogens with two attached hydrogens (primary N) is 1. The molecular weight excluding hydrogens is 224 g/mol. The number of para-hydroxylation sites is 1. The zero-order valence-electron chi connectivity index (χ0n) is 10.3. The maximum absolute atomic E-state index is 5.97. The average molecular weight is 239 g/mol. The minimum Gasteiger partial charge on any atom is -0.382 e. The van der Waals surface area contributed by atoms with Gasteiger partial charge in [-0.3, -0.25) is 0 Å². The van der Waals surface area contributed by atoms with E-state index in [-0.39, 0.29) is 0 Å². The van der Waals surface area contributed by atoms with Gasteiger partial charge in [0.2, 0.25) is 0 Å². The van der Waals surface area contributed by atoms with Gasteiger partial charge in [0, 0.05) is 11.4 Å². The quantitative estimate of drug-likeness (QED) is 0.748. The number of hydrogen-bond donors (Lipinski definition) is 1. The fourth-order valence-electron chi connectivity index (χ4n) is 2.24. The topological polar surface area (TPSA) is 56.7 Å². The second kappa shape index (κ2) is 3.98. The summed E-state index contributed by atoms with van der Waals surface area (Å²) in [4.78, 5) is 8.77. The first-order valence-electron chi connectivity index (χ1n) is 6.02. The van der Waals surface area contributed by atoms with Crippen LogP contribution in [0, 0.1) is 6.92 Å². The van der Waals surface area contributed by atoms with Gasteiger partial charge in [-0.25, -0.2) is 9.97 Å². The van der Waals surface area contributed by atoms with Crippen molar-refractivity contribution < 1.29 is 0 Å². The van der Waals surface area contributed by atoms with Crippen LogP contribution in [0.2, 0.25) is 0 Å². The van der Waals surface area contributed by atoms with E-state index in [4.69, 9.17) is 5.73 Å². The lowest BCUT2D eigenvalue weighted by Gasteiger charge is -2.13. The summed E-state index contributed by atoms with van der Waals surface area (Å²) in [6, 6.07) is 8.29. The molecule has 0 spiro atoms. The number of pyridine rings is 1. The van der Waals surface area contributed by atoms with Crippen LogP contribution in [-0.4, -0.2) is 14.5 Å². The van der Waals surface area contributed by atoms with E-state index in [0.29, 0.717) is 11.9 Å². The van der Waals surface area contributed by atoms with E-state index in [1.54, 1.807) is 0 Å². The highest BCUT2D eigenvalue weighted by Gasteiger charge is 2.14. The average Bonchev–Trinajstić information content (AvgIpc) is 2.83. The molecule has 4 nitrogen and oxygen atoms in total. The Balaban J connectivity index is 2.47. The molecule has 2 N–H and O–H groups in total. The van der Waals surface area contributed by atoms with E-state index < -0.39 is 0 Å². The van der Waals surface area contributed by atoms with Crippen LogP contribution in [0.25, 0.3) is 21.9 Å². The van der Waals surface area contributed by atoms with Crippen molar-refractivity contribution in [2.24, 2.45) is 0 Å². The van der Waals surface area contributed by atoms with Crippen molar-refractivity contribution >= 4 is 27.8 Å². The second-order valence-corrected chi connectivity index (χ2v) is 4.50. The summed E-state index contributed by atoms with van der Waals surface area (Å²) in [5.41, 5.74) is 8.70. The van der Waals surface area contributed by atoms with Crippen molar-refractivity contribution in [2.75, 3.05) is 5.73 Å². The van der Waals surface area contributed by atoms with Gasteiger partial charge < -0.3 is 10.3 Å². The Bertz CT molecular complexity index is 714. The van der Waals surface area contributed by atoms with Crippen molar-refractivity contribution in [2.45, 2.75) is 19.4 Å². The van der Waals surface area contributed by atoms with E-state index in [2.05, 4.69) is 34.4 Å². The molecule has 0 unspecified atom stereocenters. The second-order valence-electron chi connectivity index (χ2n) is 4.50. The molecule has 0 saturated carbocycles. The molecule has 2 aromatic heterocycles.